The molecule has 0 spiro atoms. The number of benzene rings is 1. The molecule has 83 valence electrons. The highest BCUT2D eigenvalue weighted by Crippen LogP contribution is 2.28. The van der Waals surface area contributed by atoms with Gasteiger partial charge in [-0.15, -0.1) is 0 Å². The first-order valence-electron chi connectivity index (χ1n) is 4.27. The van der Waals surface area contributed by atoms with Gasteiger partial charge in [-0.05, 0) is 12.1 Å². The summed E-state index contributed by atoms with van der Waals surface area (Å²) in [6, 6.07) is 6.52. The van der Waals surface area contributed by atoms with Crippen molar-refractivity contribution < 1.29 is 13.2 Å². The second kappa shape index (κ2) is 3.83. The predicted octanol–water partition coefficient (Wildman–Crippen LogP) is 3.34. The van der Waals surface area contributed by atoms with E-state index in [0.717, 1.165) is 10.8 Å². The van der Waals surface area contributed by atoms with Crippen LogP contribution in [0.2, 0.25) is 5.02 Å². The third-order valence-electron chi connectivity index (χ3n) is 1.93. The van der Waals surface area contributed by atoms with Crippen LogP contribution in [0, 0.1) is 6.33 Å². The molecule has 2 aromatic rings. The molecule has 0 aliphatic rings. The normalized spacial score (nSPS) is 11.8. The Morgan fingerprint density at radius 3 is 2.50 bits per heavy atom. The molecule has 0 unspecified atom stereocenters. The van der Waals surface area contributed by atoms with Gasteiger partial charge in [0.2, 0.25) is 0 Å². The van der Waals surface area contributed by atoms with E-state index >= 15 is 0 Å². The maximum Gasteiger partial charge on any atom is 0.434 e. The number of rotatable bonds is 1. The minimum atomic E-state index is -4.47. The number of nitrogens with zero attached hydrogens (tertiary/aromatic N) is 2. The highest BCUT2D eigenvalue weighted by Gasteiger charge is 2.33. The van der Waals surface area contributed by atoms with Crippen molar-refractivity contribution in [3.05, 3.63) is 47.5 Å². The van der Waals surface area contributed by atoms with E-state index in [2.05, 4.69) is 11.3 Å². The van der Waals surface area contributed by atoms with E-state index in [4.69, 9.17) is 11.6 Å². The fraction of sp³-hybridized carbons (Fsp3) is 0.100. The number of aromatic nitrogens is 2. The highest BCUT2D eigenvalue weighted by molar-refractivity contribution is 6.32. The lowest BCUT2D eigenvalue weighted by atomic mass is 10.3. The van der Waals surface area contributed by atoms with Crippen LogP contribution < -0.4 is 0 Å². The van der Waals surface area contributed by atoms with Gasteiger partial charge in [-0.3, -0.25) is 4.57 Å². The molecule has 1 radical (unpaired) electrons. The molecule has 1 aromatic heterocycles. The Hall–Kier alpha value is -1.49. The Morgan fingerprint density at radius 1 is 1.25 bits per heavy atom. The van der Waals surface area contributed by atoms with Crippen LogP contribution in [0.15, 0.2) is 30.5 Å². The van der Waals surface area contributed by atoms with E-state index in [1.807, 2.05) is 0 Å². The molecular formula is C10H5ClF3N2. The molecule has 2 rings (SSSR count). The smallest absolute Gasteiger partial charge is 0.295 e. The molecule has 6 heteroatoms. The first kappa shape index (κ1) is 11.0. The molecule has 0 fully saturated rings. The Kier molecular flexibility index (Phi) is 2.63. The van der Waals surface area contributed by atoms with Gasteiger partial charge in [0.25, 0.3) is 0 Å². The summed E-state index contributed by atoms with van der Waals surface area (Å²) < 4.78 is 38.0. The quantitative estimate of drug-likeness (QED) is 0.753. The van der Waals surface area contributed by atoms with Gasteiger partial charge in [-0.25, -0.2) is 4.98 Å². The van der Waals surface area contributed by atoms with Crippen LogP contribution >= 0.6 is 11.6 Å². The van der Waals surface area contributed by atoms with Gasteiger partial charge in [-0.2, -0.15) is 13.2 Å². The minimum Gasteiger partial charge on any atom is -0.295 e. The lowest BCUT2D eigenvalue weighted by Gasteiger charge is -2.03. The summed E-state index contributed by atoms with van der Waals surface area (Å²) in [7, 11) is 0. The van der Waals surface area contributed by atoms with E-state index < -0.39 is 11.9 Å². The van der Waals surface area contributed by atoms with Crippen molar-refractivity contribution >= 4 is 11.6 Å². The molecule has 0 atom stereocenters. The van der Waals surface area contributed by atoms with Crippen molar-refractivity contribution in [3.63, 3.8) is 0 Å². The van der Waals surface area contributed by atoms with Crippen molar-refractivity contribution in [1.29, 1.82) is 0 Å². The van der Waals surface area contributed by atoms with E-state index in [-0.39, 0.29) is 0 Å². The van der Waals surface area contributed by atoms with Crippen LogP contribution in [0.3, 0.4) is 0 Å². The average molecular weight is 246 g/mol. The molecule has 0 amide bonds. The van der Waals surface area contributed by atoms with Gasteiger partial charge in [0, 0.05) is 6.20 Å². The summed E-state index contributed by atoms with van der Waals surface area (Å²) >= 11 is 5.83. The maximum absolute atomic E-state index is 12.3. The standard InChI is InChI=1S/C10H5ClF3N2/c11-7-3-1-2-4-8(7)16-5-9(15-6-16)10(12,13)14/h1-5H. The molecule has 0 N–H and O–H groups in total. The summed E-state index contributed by atoms with van der Waals surface area (Å²) in [4.78, 5) is 3.16. The lowest BCUT2D eigenvalue weighted by Crippen LogP contribution is -2.04. The summed E-state index contributed by atoms with van der Waals surface area (Å²) in [5.74, 6) is 0. The molecule has 0 saturated heterocycles. The van der Waals surface area contributed by atoms with Crippen LogP contribution in [0.4, 0.5) is 13.2 Å². The second-order valence-corrected chi connectivity index (χ2v) is 3.45. The third kappa shape index (κ3) is 2.04. The van der Waals surface area contributed by atoms with Crippen molar-refractivity contribution in [2.24, 2.45) is 0 Å². The third-order valence-corrected chi connectivity index (χ3v) is 2.25. The van der Waals surface area contributed by atoms with Gasteiger partial charge < -0.3 is 0 Å². The van der Waals surface area contributed by atoms with Crippen LogP contribution in [0.5, 0.6) is 0 Å². The zero-order valence-corrected chi connectivity index (χ0v) is 8.55. The zero-order chi connectivity index (χ0) is 11.8. The zero-order valence-electron chi connectivity index (χ0n) is 7.79. The number of imidazole rings is 1. The topological polar surface area (TPSA) is 17.8 Å². The second-order valence-electron chi connectivity index (χ2n) is 3.05. The molecule has 2 nitrogen and oxygen atoms in total. The molecule has 0 aliphatic carbocycles. The molecule has 0 saturated carbocycles. The van der Waals surface area contributed by atoms with Crippen LogP contribution in [0.1, 0.15) is 5.69 Å². The van der Waals surface area contributed by atoms with Crippen LogP contribution in [0.25, 0.3) is 5.69 Å². The first-order valence-corrected chi connectivity index (χ1v) is 4.65. The maximum atomic E-state index is 12.3. The van der Waals surface area contributed by atoms with Gasteiger partial charge in [0.05, 0.1) is 10.7 Å². The van der Waals surface area contributed by atoms with Gasteiger partial charge in [0.15, 0.2) is 12.0 Å². The molecule has 0 aliphatic heterocycles. The highest BCUT2D eigenvalue weighted by atomic mass is 35.5. The summed E-state index contributed by atoms with van der Waals surface area (Å²) in [6.07, 6.45) is -1.39. The average Bonchev–Trinajstić information content (AvgIpc) is 2.66. The molecular weight excluding hydrogens is 241 g/mol. The molecule has 1 heterocycles. The van der Waals surface area contributed by atoms with Crippen molar-refractivity contribution in [2.45, 2.75) is 6.18 Å². The fourth-order valence-electron chi connectivity index (χ4n) is 1.19. The minimum absolute atomic E-state index is 0.338. The Bertz CT molecular complexity index is 505. The summed E-state index contributed by atoms with van der Waals surface area (Å²) in [5, 5.41) is 0.338. The summed E-state index contributed by atoms with van der Waals surface area (Å²) in [6.45, 7) is 0. The number of hydrogen-bond acceptors (Lipinski definition) is 1. The summed E-state index contributed by atoms with van der Waals surface area (Å²) in [5.41, 5.74) is -0.584. The largest absolute Gasteiger partial charge is 0.434 e. The van der Waals surface area contributed by atoms with Crippen molar-refractivity contribution in [3.8, 4) is 5.69 Å². The number of para-hydroxylation sites is 1. The van der Waals surface area contributed by atoms with E-state index in [9.17, 15) is 13.2 Å². The predicted molar refractivity (Wildman–Crippen MR) is 52.4 cm³/mol. The van der Waals surface area contributed by atoms with E-state index in [1.54, 1.807) is 24.3 Å². The monoisotopic (exact) mass is 245 g/mol. The SMILES string of the molecule is FC(F)(F)c1cn(-c2ccccc2Cl)[c]n1. The molecule has 0 bridgehead atoms. The van der Waals surface area contributed by atoms with E-state index in [1.165, 1.54) is 0 Å². The van der Waals surface area contributed by atoms with E-state index in [0.29, 0.717) is 10.7 Å². The van der Waals surface area contributed by atoms with Gasteiger partial charge in [-0.1, -0.05) is 23.7 Å². The van der Waals surface area contributed by atoms with Gasteiger partial charge >= 0.3 is 6.18 Å². The van der Waals surface area contributed by atoms with Gasteiger partial charge in [0.1, 0.15) is 0 Å². The Morgan fingerprint density at radius 2 is 1.94 bits per heavy atom. The Labute approximate surface area is 94.3 Å². The van der Waals surface area contributed by atoms with Crippen LogP contribution in [-0.2, 0) is 6.18 Å². The van der Waals surface area contributed by atoms with Crippen LogP contribution in [-0.4, -0.2) is 9.55 Å². The number of halogens is 4. The first-order chi connectivity index (χ1) is 7.48. The van der Waals surface area contributed by atoms with Crippen molar-refractivity contribution in [2.75, 3.05) is 0 Å². The molecule has 1 aromatic carbocycles. The lowest BCUT2D eigenvalue weighted by molar-refractivity contribution is -0.140. The molecule has 16 heavy (non-hydrogen) atoms. The number of alkyl halides is 3. The Balaban J connectivity index is 2.44. The number of hydrogen-bond donors (Lipinski definition) is 0. The van der Waals surface area contributed by atoms with Crippen molar-refractivity contribution in [1.82, 2.24) is 9.55 Å². The fourth-order valence-corrected chi connectivity index (χ4v) is 1.42.